The van der Waals surface area contributed by atoms with Crippen LogP contribution < -0.4 is 10.6 Å². The standard InChI is InChI=1S/C24H24ClN3O3/c1-13(2)11-18-19-20(24(27-18)15-8-4-6-10-17(15)26-23(24)31)22(30)28(21(19)29)12-14-7-3-5-9-16(14)25/h3-10,13,18-20,27H,11-12H2,1-2H3,(H,26,31)/t18-,19-,20-,24+/m0/s1. The molecule has 0 unspecified atom stereocenters. The zero-order valence-corrected chi connectivity index (χ0v) is 18.1. The molecule has 0 radical (unpaired) electrons. The van der Waals surface area contributed by atoms with Crippen molar-refractivity contribution in [2.75, 3.05) is 5.32 Å². The Kier molecular flexibility index (Phi) is 4.68. The number of carbonyl (C=O) groups is 3. The second kappa shape index (κ2) is 7.18. The number of fused-ring (bicyclic) bond motifs is 4. The van der Waals surface area contributed by atoms with Gasteiger partial charge >= 0.3 is 0 Å². The van der Waals surface area contributed by atoms with Crippen LogP contribution in [0.25, 0.3) is 0 Å². The fourth-order valence-electron chi connectivity index (χ4n) is 5.48. The fourth-order valence-corrected chi connectivity index (χ4v) is 5.68. The molecule has 2 aromatic rings. The molecule has 6 nitrogen and oxygen atoms in total. The zero-order chi connectivity index (χ0) is 21.9. The van der Waals surface area contributed by atoms with Crippen LogP contribution in [0.15, 0.2) is 48.5 Å². The van der Waals surface area contributed by atoms with Gasteiger partial charge in [-0.25, -0.2) is 0 Å². The number of carbonyl (C=O) groups excluding carboxylic acids is 3. The van der Waals surface area contributed by atoms with E-state index in [4.69, 9.17) is 11.6 Å². The van der Waals surface area contributed by atoms with Crippen LogP contribution in [0, 0.1) is 17.8 Å². The lowest BCUT2D eigenvalue weighted by Crippen LogP contribution is -2.53. The second-order valence-electron chi connectivity index (χ2n) is 9.05. The minimum atomic E-state index is -1.23. The van der Waals surface area contributed by atoms with Gasteiger partial charge in [0.25, 0.3) is 0 Å². The van der Waals surface area contributed by atoms with E-state index in [2.05, 4.69) is 24.5 Å². The highest BCUT2D eigenvalue weighted by atomic mass is 35.5. The van der Waals surface area contributed by atoms with Crippen molar-refractivity contribution in [1.29, 1.82) is 0 Å². The third-order valence-corrected chi connectivity index (χ3v) is 7.09. The number of amides is 3. The molecule has 160 valence electrons. The number of nitrogens with zero attached hydrogens (tertiary/aromatic N) is 1. The number of hydrogen-bond donors (Lipinski definition) is 2. The molecule has 2 fully saturated rings. The lowest BCUT2D eigenvalue weighted by atomic mass is 9.76. The minimum absolute atomic E-state index is 0.109. The van der Waals surface area contributed by atoms with Gasteiger partial charge in [-0.1, -0.05) is 61.8 Å². The van der Waals surface area contributed by atoms with Crippen LogP contribution in [0.3, 0.4) is 0 Å². The molecule has 0 aromatic heterocycles. The highest BCUT2D eigenvalue weighted by molar-refractivity contribution is 6.31. The summed E-state index contributed by atoms with van der Waals surface area (Å²) in [6.07, 6.45) is 0.692. The number of imide groups is 1. The summed E-state index contributed by atoms with van der Waals surface area (Å²) < 4.78 is 0. The van der Waals surface area contributed by atoms with Crippen molar-refractivity contribution >= 4 is 35.0 Å². The van der Waals surface area contributed by atoms with Crippen molar-refractivity contribution in [3.8, 4) is 0 Å². The van der Waals surface area contributed by atoms with Crippen LogP contribution in [0.2, 0.25) is 5.02 Å². The third-order valence-electron chi connectivity index (χ3n) is 6.73. The predicted octanol–water partition coefficient (Wildman–Crippen LogP) is 3.31. The summed E-state index contributed by atoms with van der Waals surface area (Å²) >= 11 is 6.30. The summed E-state index contributed by atoms with van der Waals surface area (Å²) in [6, 6.07) is 14.3. The first-order valence-corrected chi connectivity index (χ1v) is 11.0. The maximum atomic E-state index is 13.7. The van der Waals surface area contributed by atoms with Crippen LogP contribution >= 0.6 is 11.6 Å². The summed E-state index contributed by atoms with van der Waals surface area (Å²) in [5.41, 5.74) is 0.906. The van der Waals surface area contributed by atoms with Gasteiger partial charge in [0.05, 0.1) is 18.4 Å². The van der Waals surface area contributed by atoms with Gasteiger partial charge in [0.2, 0.25) is 17.7 Å². The van der Waals surface area contributed by atoms with E-state index in [1.807, 2.05) is 42.5 Å². The van der Waals surface area contributed by atoms with Crippen molar-refractivity contribution in [3.63, 3.8) is 0 Å². The molecule has 0 saturated carbocycles. The van der Waals surface area contributed by atoms with Crippen molar-refractivity contribution in [2.24, 2.45) is 17.8 Å². The van der Waals surface area contributed by atoms with E-state index in [0.29, 0.717) is 28.6 Å². The Morgan fingerprint density at radius 1 is 1.03 bits per heavy atom. The van der Waals surface area contributed by atoms with Gasteiger partial charge < -0.3 is 5.32 Å². The summed E-state index contributed by atoms with van der Waals surface area (Å²) in [5.74, 6) is -1.89. The normalized spacial score (nSPS) is 29.1. The number of nitrogens with one attached hydrogen (secondary N) is 2. The molecule has 1 spiro atoms. The molecule has 2 saturated heterocycles. The molecule has 2 aromatic carbocycles. The molecule has 31 heavy (non-hydrogen) atoms. The lowest BCUT2D eigenvalue weighted by molar-refractivity contribution is -0.143. The highest BCUT2D eigenvalue weighted by Gasteiger charge is 2.70. The first-order chi connectivity index (χ1) is 14.8. The molecule has 3 aliphatic heterocycles. The van der Waals surface area contributed by atoms with Crippen LogP contribution in [0.4, 0.5) is 5.69 Å². The van der Waals surface area contributed by atoms with Crippen molar-refractivity contribution in [3.05, 3.63) is 64.7 Å². The Hall–Kier alpha value is -2.70. The van der Waals surface area contributed by atoms with E-state index in [9.17, 15) is 14.4 Å². The molecule has 0 bridgehead atoms. The fraction of sp³-hybridized carbons (Fsp3) is 0.375. The van der Waals surface area contributed by atoms with Crippen molar-refractivity contribution in [1.82, 2.24) is 10.2 Å². The smallest absolute Gasteiger partial charge is 0.250 e. The number of halogens is 1. The van der Waals surface area contributed by atoms with E-state index < -0.39 is 17.4 Å². The van der Waals surface area contributed by atoms with Crippen LogP contribution in [0.1, 0.15) is 31.4 Å². The average Bonchev–Trinajstić information content (AvgIpc) is 3.30. The molecule has 0 aliphatic carbocycles. The SMILES string of the molecule is CC(C)C[C@@H]1N[C@@]2(C(=O)Nc3ccccc32)[C@@H]2C(=O)N(Cc3ccccc3Cl)C(=O)[C@@H]12. The number of hydrogen-bond acceptors (Lipinski definition) is 4. The van der Waals surface area contributed by atoms with Gasteiger partial charge in [-0.15, -0.1) is 0 Å². The maximum absolute atomic E-state index is 13.7. The largest absolute Gasteiger partial charge is 0.324 e. The Morgan fingerprint density at radius 2 is 1.74 bits per heavy atom. The first-order valence-electron chi connectivity index (χ1n) is 10.6. The quantitative estimate of drug-likeness (QED) is 0.719. The van der Waals surface area contributed by atoms with Gasteiger partial charge in [-0.2, -0.15) is 0 Å². The van der Waals surface area contributed by atoms with E-state index in [1.54, 1.807) is 6.07 Å². The van der Waals surface area contributed by atoms with Gasteiger partial charge in [0, 0.05) is 22.3 Å². The monoisotopic (exact) mass is 437 g/mol. The van der Waals surface area contributed by atoms with Crippen LogP contribution in [-0.4, -0.2) is 28.7 Å². The molecular formula is C24H24ClN3O3. The van der Waals surface area contributed by atoms with E-state index in [-0.39, 0.29) is 30.3 Å². The molecule has 5 rings (SSSR count). The summed E-state index contributed by atoms with van der Waals surface area (Å²) in [5, 5.41) is 6.89. The molecule has 3 amide bonds. The second-order valence-corrected chi connectivity index (χ2v) is 9.45. The summed E-state index contributed by atoms with van der Waals surface area (Å²) in [6.45, 7) is 4.26. The predicted molar refractivity (Wildman–Crippen MR) is 117 cm³/mol. The number of likely N-dealkylation sites (tertiary alicyclic amines) is 1. The lowest BCUT2D eigenvalue weighted by Gasteiger charge is -2.30. The molecule has 4 atom stereocenters. The van der Waals surface area contributed by atoms with Gasteiger partial charge in [0.1, 0.15) is 5.54 Å². The minimum Gasteiger partial charge on any atom is -0.324 e. The molecule has 7 heteroatoms. The Morgan fingerprint density at radius 3 is 2.48 bits per heavy atom. The topological polar surface area (TPSA) is 78.5 Å². The van der Waals surface area contributed by atoms with E-state index in [0.717, 1.165) is 5.56 Å². The van der Waals surface area contributed by atoms with Crippen LogP contribution in [0.5, 0.6) is 0 Å². The summed E-state index contributed by atoms with van der Waals surface area (Å²) in [4.78, 5) is 41.9. The van der Waals surface area contributed by atoms with Crippen molar-refractivity contribution in [2.45, 2.75) is 38.4 Å². The highest BCUT2D eigenvalue weighted by Crippen LogP contribution is 2.53. The molecular weight excluding hydrogens is 414 g/mol. The van der Waals surface area contributed by atoms with Gasteiger partial charge in [0.15, 0.2) is 0 Å². The maximum Gasteiger partial charge on any atom is 0.250 e. The average molecular weight is 438 g/mol. The van der Waals surface area contributed by atoms with E-state index >= 15 is 0 Å². The van der Waals surface area contributed by atoms with E-state index in [1.165, 1.54) is 4.90 Å². The number of benzene rings is 2. The number of para-hydroxylation sites is 1. The molecule has 3 aliphatic rings. The Bertz CT molecular complexity index is 1100. The van der Waals surface area contributed by atoms with Gasteiger partial charge in [-0.3, -0.25) is 24.6 Å². The third kappa shape index (κ3) is 2.85. The Labute approximate surface area is 185 Å². The number of rotatable bonds is 4. The zero-order valence-electron chi connectivity index (χ0n) is 17.4. The van der Waals surface area contributed by atoms with Crippen LogP contribution in [-0.2, 0) is 26.5 Å². The molecule has 2 N–H and O–H groups in total. The van der Waals surface area contributed by atoms with Crippen molar-refractivity contribution < 1.29 is 14.4 Å². The first kappa shape index (κ1) is 20.2. The number of anilines is 1. The summed E-state index contributed by atoms with van der Waals surface area (Å²) in [7, 11) is 0. The molecule has 3 heterocycles. The Balaban J connectivity index is 1.60. The van der Waals surface area contributed by atoms with Gasteiger partial charge in [-0.05, 0) is 30.0 Å².